The van der Waals surface area contributed by atoms with Gasteiger partial charge in [-0.3, -0.25) is 9.59 Å². The molecule has 7 nitrogen and oxygen atoms in total. The molecule has 160 valence electrons. The number of Topliss-reactive ketones (excluding diaryl/α,β-unsaturated/α-hetero) is 1. The molecule has 0 radical (unpaired) electrons. The number of alkyl halides is 3. The number of methoxy groups -OCH3 is 1. The molecule has 29 heavy (non-hydrogen) atoms. The fraction of sp³-hybridized carbons (Fsp3) is 0.556. The Kier molecular flexibility index (Phi) is 6.02. The monoisotopic (exact) mass is 434 g/mol. The number of fused-ring (bicyclic) bond motifs is 1. The van der Waals surface area contributed by atoms with Crippen molar-refractivity contribution in [2.75, 3.05) is 31.7 Å². The third-order valence-electron chi connectivity index (χ3n) is 5.07. The number of nitrogens with zero attached hydrogens (tertiary/aromatic N) is 2. The largest absolute Gasteiger partial charge is 0.389 e. The van der Waals surface area contributed by atoms with Gasteiger partial charge >= 0.3 is 6.18 Å². The second kappa shape index (κ2) is 8.04. The van der Waals surface area contributed by atoms with Crippen molar-refractivity contribution in [1.29, 1.82) is 0 Å². The molecule has 2 aliphatic rings. The minimum atomic E-state index is -4.36. The molecular weight excluding hydrogens is 413 g/mol. The molecule has 1 atom stereocenters. The summed E-state index contributed by atoms with van der Waals surface area (Å²) in [6, 6.07) is 3.41. The molecule has 2 aliphatic heterocycles. The van der Waals surface area contributed by atoms with E-state index in [0.29, 0.717) is 19.4 Å². The van der Waals surface area contributed by atoms with E-state index in [4.69, 9.17) is 4.74 Å². The Balaban J connectivity index is 1.85. The maximum absolute atomic E-state index is 13.0. The van der Waals surface area contributed by atoms with Gasteiger partial charge in [0.25, 0.3) is 11.7 Å². The molecule has 2 heterocycles. The van der Waals surface area contributed by atoms with Crippen molar-refractivity contribution >= 4 is 27.4 Å². The van der Waals surface area contributed by atoms with Gasteiger partial charge in [0.2, 0.25) is 10.0 Å². The molecule has 1 aromatic carbocycles. The highest BCUT2D eigenvalue weighted by Crippen LogP contribution is 2.34. The minimum Gasteiger partial charge on any atom is -0.383 e. The van der Waals surface area contributed by atoms with E-state index in [2.05, 4.69) is 0 Å². The van der Waals surface area contributed by atoms with Gasteiger partial charge in [0.05, 0.1) is 22.8 Å². The van der Waals surface area contributed by atoms with Gasteiger partial charge < -0.3 is 9.64 Å². The number of halogens is 3. The van der Waals surface area contributed by atoms with Crippen LogP contribution in [-0.2, 0) is 19.6 Å². The normalized spacial score (nSPS) is 20.6. The van der Waals surface area contributed by atoms with Gasteiger partial charge in [0.1, 0.15) is 0 Å². The average molecular weight is 434 g/mol. The number of sulfonamides is 1. The van der Waals surface area contributed by atoms with E-state index in [9.17, 15) is 31.2 Å². The van der Waals surface area contributed by atoms with Gasteiger partial charge in [0, 0.05) is 32.7 Å². The van der Waals surface area contributed by atoms with Crippen LogP contribution in [0.5, 0.6) is 0 Å². The molecule has 3 rings (SSSR count). The van der Waals surface area contributed by atoms with Crippen LogP contribution in [-0.4, -0.2) is 63.4 Å². The van der Waals surface area contributed by atoms with E-state index in [1.54, 1.807) is 0 Å². The Bertz CT molecular complexity index is 917. The lowest BCUT2D eigenvalue weighted by molar-refractivity contribution is -0.135. The molecule has 0 aliphatic carbocycles. The maximum atomic E-state index is 13.0. The molecule has 1 fully saturated rings. The van der Waals surface area contributed by atoms with Gasteiger partial charge in [-0.15, -0.1) is 0 Å². The van der Waals surface area contributed by atoms with Crippen LogP contribution < -0.4 is 4.90 Å². The number of carbonyl (C=O) groups excluding carboxylic acids is 2. The second-order valence-corrected chi connectivity index (χ2v) is 8.94. The van der Waals surface area contributed by atoms with E-state index in [-0.39, 0.29) is 41.8 Å². The van der Waals surface area contributed by atoms with Gasteiger partial charge in [-0.2, -0.15) is 17.5 Å². The number of hydrogen-bond donors (Lipinski definition) is 0. The zero-order chi connectivity index (χ0) is 21.4. The van der Waals surface area contributed by atoms with Crippen LogP contribution in [0.15, 0.2) is 23.1 Å². The lowest BCUT2D eigenvalue weighted by atomic mass is 10.1. The molecular formula is C18H21F3N2O5S. The Morgan fingerprint density at radius 3 is 2.62 bits per heavy atom. The van der Waals surface area contributed by atoms with Crippen molar-refractivity contribution in [2.24, 2.45) is 0 Å². The van der Waals surface area contributed by atoms with E-state index in [1.807, 2.05) is 0 Å². The lowest BCUT2D eigenvalue weighted by Crippen LogP contribution is -2.38. The number of carbonyl (C=O) groups is 2. The number of anilines is 1. The molecule has 1 aromatic rings. The first-order valence-electron chi connectivity index (χ1n) is 9.14. The first kappa shape index (κ1) is 21.7. The average Bonchev–Trinajstić information content (AvgIpc) is 3.20. The van der Waals surface area contributed by atoms with E-state index in [0.717, 1.165) is 11.0 Å². The molecule has 0 spiro atoms. The fourth-order valence-corrected chi connectivity index (χ4v) is 5.43. The first-order chi connectivity index (χ1) is 13.6. The number of rotatable bonds is 7. The Labute approximate surface area is 166 Å². The molecule has 11 heteroatoms. The standard InChI is InChI=1S/C18H21F3N2O5S/c1-28-11-12-4-2-9-23(12)29(26,27)13-5-6-15-14(10-13)16(24)17(25)22(15)8-3-7-18(19,20)21/h5-6,10,12H,2-4,7-9,11H2,1H3/t12-/m0/s1. The second-order valence-electron chi connectivity index (χ2n) is 7.05. The van der Waals surface area contributed by atoms with Gasteiger partial charge in [-0.1, -0.05) is 0 Å². The quantitative estimate of drug-likeness (QED) is 0.616. The van der Waals surface area contributed by atoms with Crippen molar-refractivity contribution in [3.05, 3.63) is 23.8 Å². The van der Waals surface area contributed by atoms with Crippen LogP contribution in [0.4, 0.5) is 18.9 Å². The Hall–Kier alpha value is -1.98. The number of hydrogen-bond acceptors (Lipinski definition) is 5. The van der Waals surface area contributed by atoms with Crippen LogP contribution in [0.3, 0.4) is 0 Å². The molecule has 1 amide bonds. The molecule has 0 saturated carbocycles. The highest BCUT2D eigenvalue weighted by Gasteiger charge is 2.40. The van der Waals surface area contributed by atoms with Gasteiger partial charge in [-0.25, -0.2) is 8.42 Å². The summed E-state index contributed by atoms with van der Waals surface area (Å²) in [6.07, 6.45) is -4.45. The van der Waals surface area contributed by atoms with Crippen LogP contribution in [0.2, 0.25) is 0 Å². The summed E-state index contributed by atoms with van der Waals surface area (Å²) in [5, 5.41) is 0. The van der Waals surface area contributed by atoms with Crippen LogP contribution in [0, 0.1) is 0 Å². The molecule has 0 N–H and O–H groups in total. The minimum absolute atomic E-state index is 0.106. The summed E-state index contributed by atoms with van der Waals surface area (Å²) in [4.78, 5) is 25.3. The van der Waals surface area contributed by atoms with Crippen molar-refractivity contribution < 1.29 is 35.9 Å². The van der Waals surface area contributed by atoms with E-state index < -0.39 is 34.3 Å². The van der Waals surface area contributed by atoms with Crippen LogP contribution in [0.25, 0.3) is 0 Å². The highest BCUT2D eigenvalue weighted by molar-refractivity contribution is 7.89. The summed E-state index contributed by atoms with van der Waals surface area (Å²) in [5.41, 5.74) is 0.0292. The van der Waals surface area contributed by atoms with Gasteiger partial charge in [0.15, 0.2) is 0 Å². The number of amides is 1. The maximum Gasteiger partial charge on any atom is 0.389 e. The highest BCUT2D eigenvalue weighted by atomic mass is 32.2. The van der Waals surface area contributed by atoms with Crippen molar-refractivity contribution in [2.45, 2.75) is 42.8 Å². The summed E-state index contributed by atoms with van der Waals surface area (Å²) < 4.78 is 69.5. The molecule has 0 bridgehead atoms. The smallest absolute Gasteiger partial charge is 0.383 e. The molecule has 0 unspecified atom stereocenters. The van der Waals surface area contributed by atoms with Crippen molar-refractivity contribution in [3.63, 3.8) is 0 Å². The Morgan fingerprint density at radius 2 is 1.97 bits per heavy atom. The number of ether oxygens (including phenoxy) is 1. The third-order valence-corrected chi connectivity index (χ3v) is 7.02. The predicted octanol–water partition coefficient (Wildman–Crippen LogP) is 2.36. The van der Waals surface area contributed by atoms with Crippen LogP contribution in [0.1, 0.15) is 36.0 Å². The summed E-state index contributed by atoms with van der Waals surface area (Å²) in [6.45, 7) is 0.295. The SMILES string of the molecule is COC[C@@H]1CCCN1S(=O)(=O)c1ccc2c(c1)C(=O)C(=O)N2CCCC(F)(F)F. The van der Waals surface area contributed by atoms with Crippen LogP contribution >= 0.6 is 0 Å². The van der Waals surface area contributed by atoms with Gasteiger partial charge in [-0.05, 0) is 37.5 Å². The predicted molar refractivity (Wildman–Crippen MR) is 97.2 cm³/mol. The zero-order valence-electron chi connectivity index (χ0n) is 15.7. The topological polar surface area (TPSA) is 84.0 Å². The fourth-order valence-electron chi connectivity index (χ4n) is 3.72. The summed E-state index contributed by atoms with van der Waals surface area (Å²) in [5.74, 6) is -1.87. The number of benzene rings is 1. The third kappa shape index (κ3) is 4.31. The van der Waals surface area contributed by atoms with Crippen molar-refractivity contribution in [3.8, 4) is 0 Å². The Morgan fingerprint density at radius 1 is 1.24 bits per heavy atom. The molecule has 1 saturated heterocycles. The summed E-state index contributed by atoms with van der Waals surface area (Å²) in [7, 11) is -2.42. The molecule has 0 aromatic heterocycles. The zero-order valence-corrected chi connectivity index (χ0v) is 16.6. The summed E-state index contributed by atoms with van der Waals surface area (Å²) >= 11 is 0. The van der Waals surface area contributed by atoms with E-state index >= 15 is 0 Å². The van der Waals surface area contributed by atoms with Crippen molar-refractivity contribution in [1.82, 2.24) is 4.31 Å². The lowest BCUT2D eigenvalue weighted by Gasteiger charge is -2.24. The van der Waals surface area contributed by atoms with E-state index in [1.165, 1.54) is 23.5 Å². The number of ketones is 1. The first-order valence-corrected chi connectivity index (χ1v) is 10.6.